The first-order valence-electron chi connectivity index (χ1n) is 8.30. The molecule has 1 aliphatic rings. The molecule has 2 aromatic heterocycles. The number of nitrogens with zero attached hydrogens (tertiary/aromatic N) is 5. The van der Waals surface area contributed by atoms with Crippen molar-refractivity contribution in [2.75, 3.05) is 32.3 Å². The van der Waals surface area contributed by atoms with E-state index < -0.39 is 5.92 Å². The summed E-state index contributed by atoms with van der Waals surface area (Å²) in [5.74, 6) is -0.0439. The van der Waals surface area contributed by atoms with Crippen LogP contribution in [-0.4, -0.2) is 59.5 Å². The van der Waals surface area contributed by atoms with Crippen molar-refractivity contribution in [1.29, 1.82) is 0 Å². The van der Waals surface area contributed by atoms with Crippen LogP contribution in [0.2, 0.25) is 0 Å². The van der Waals surface area contributed by atoms with E-state index in [0.717, 1.165) is 0 Å². The van der Waals surface area contributed by atoms with Crippen LogP contribution in [0.15, 0.2) is 4.52 Å². The van der Waals surface area contributed by atoms with Crippen molar-refractivity contribution in [2.45, 2.75) is 26.0 Å². The lowest BCUT2D eigenvalue weighted by Gasteiger charge is -2.12. The van der Waals surface area contributed by atoms with Gasteiger partial charge in [-0.05, 0) is 0 Å². The predicted molar refractivity (Wildman–Crippen MR) is 92.8 cm³/mol. The Morgan fingerprint density at radius 2 is 2.22 bits per heavy atom. The van der Waals surface area contributed by atoms with Crippen LogP contribution in [0.5, 0.6) is 0 Å². The van der Waals surface area contributed by atoms with Gasteiger partial charge in [-0.25, -0.2) is 0 Å². The molecule has 1 aliphatic heterocycles. The van der Waals surface area contributed by atoms with Crippen molar-refractivity contribution in [3.63, 3.8) is 0 Å². The van der Waals surface area contributed by atoms with Crippen molar-refractivity contribution in [3.05, 3.63) is 16.7 Å². The molecule has 1 fully saturated rings. The fourth-order valence-corrected chi connectivity index (χ4v) is 3.41. The third kappa shape index (κ3) is 4.84. The number of carbonyl (C=O) groups excluding carboxylic acids is 2. The summed E-state index contributed by atoms with van der Waals surface area (Å²) in [7, 11) is 3.15. The number of hydrogen-bond donors (Lipinski definition) is 1. The van der Waals surface area contributed by atoms with Gasteiger partial charge in [-0.15, -0.1) is 10.2 Å². The summed E-state index contributed by atoms with van der Waals surface area (Å²) >= 11 is 1.27. The van der Waals surface area contributed by atoms with E-state index in [9.17, 15) is 9.59 Å². The zero-order valence-electron chi connectivity index (χ0n) is 15.0. The highest BCUT2D eigenvalue weighted by Crippen LogP contribution is 2.28. The summed E-state index contributed by atoms with van der Waals surface area (Å²) in [4.78, 5) is 30.3. The normalized spacial score (nSPS) is 16.9. The van der Waals surface area contributed by atoms with Crippen LogP contribution in [-0.2, 0) is 38.6 Å². The molecule has 0 aromatic carbocycles. The second-order valence-corrected chi connectivity index (χ2v) is 6.92. The fourth-order valence-electron chi connectivity index (χ4n) is 2.57. The molecule has 3 rings (SSSR count). The summed E-state index contributed by atoms with van der Waals surface area (Å²) < 4.78 is 15.0. The lowest BCUT2D eigenvalue weighted by atomic mass is 10.1. The minimum atomic E-state index is -0.469. The maximum absolute atomic E-state index is 12.4. The Bertz CT molecular complexity index is 793. The second kappa shape index (κ2) is 8.97. The Balaban J connectivity index is 1.51. The summed E-state index contributed by atoms with van der Waals surface area (Å²) in [5.41, 5.74) is 0. The molecule has 12 heteroatoms. The molecule has 27 heavy (non-hydrogen) atoms. The minimum Gasteiger partial charge on any atom is -0.384 e. The predicted octanol–water partition coefficient (Wildman–Crippen LogP) is -0.0743. The molecule has 0 aliphatic carbocycles. The number of rotatable bonds is 9. The van der Waals surface area contributed by atoms with Gasteiger partial charge in [0.15, 0.2) is 5.82 Å². The molecule has 2 amide bonds. The van der Waals surface area contributed by atoms with Gasteiger partial charge >= 0.3 is 0 Å². The quantitative estimate of drug-likeness (QED) is 0.618. The molecule has 1 unspecified atom stereocenters. The van der Waals surface area contributed by atoms with E-state index in [0.29, 0.717) is 41.5 Å². The van der Waals surface area contributed by atoms with Crippen LogP contribution >= 0.6 is 11.3 Å². The number of nitrogens with one attached hydrogen (secondary N) is 1. The van der Waals surface area contributed by atoms with Gasteiger partial charge in [0.1, 0.15) is 11.6 Å². The first kappa shape index (κ1) is 19.3. The van der Waals surface area contributed by atoms with Crippen LogP contribution < -0.4 is 10.2 Å². The summed E-state index contributed by atoms with van der Waals surface area (Å²) in [6.07, 6.45) is 0.654. The average Bonchev–Trinajstić information content (AvgIpc) is 3.38. The molecule has 0 spiro atoms. The Hall–Kier alpha value is -2.44. The van der Waals surface area contributed by atoms with E-state index in [1.807, 2.05) is 0 Å². The molecule has 1 atom stereocenters. The summed E-state index contributed by atoms with van der Waals surface area (Å²) in [6.45, 7) is 1.19. The molecule has 0 bridgehead atoms. The molecular formula is C15H20N6O5S. The Labute approximate surface area is 159 Å². The number of ether oxygens (including phenoxy) is 2. The van der Waals surface area contributed by atoms with Crippen LogP contribution in [0, 0.1) is 5.92 Å². The van der Waals surface area contributed by atoms with Gasteiger partial charge in [0, 0.05) is 33.6 Å². The SMILES string of the molecule is COCCc1noc(CNC(=O)C2CC(=O)N(c3nnc(COC)s3)C2)n1. The highest BCUT2D eigenvalue weighted by Gasteiger charge is 2.36. The highest BCUT2D eigenvalue weighted by molar-refractivity contribution is 7.15. The van der Waals surface area contributed by atoms with Gasteiger partial charge in [-0.1, -0.05) is 16.5 Å². The number of amides is 2. The molecule has 11 nitrogen and oxygen atoms in total. The molecule has 0 radical (unpaired) electrons. The zero-order chi connectivity index (χ0) is 19.2. The second-order valence-electron chi connectivity index (χ2n) is 5.88. The van der Waals surface area contributed by atoms with E-state index in [1.165, 1.54) is 16.2 Å². The highest BCUT2D eigenvalue weighted by atomic mass is 32.1. The van der Waals surface area contributed by atoms with Crippen LogP contribution in [0.3, 0.4) is 0 Å². The smallest absolute Gasteiger partial charge is 0.246 e. The van der Waals surface area contributed by atoms with Crippen LogP contribution in [0.4, 0.5) is 5.13 Å². The van der Waals surface area contributed by atoms with Gasteiger partial charge < -0.3 is 19.3 Å². The Morgan fingerprint density at radius 1 is 1.37 bits per heavy atom. The van der Waals surface area contributed by atoms with Gasteiger partial charge in [-0.3, -0.25) is 14.5 Å². The van der Waals surface area contributed by atoms with E-state index >= 15 is 0 Å². The molecule has 3 heterocycles. The third-order valence-electron chi connectivity index (χ3n) is 3.90. The number of methoxy groups -OCH3 is 2. The lowest BCUT2D eigenvalue weighted by Crippen LogP contribution is -2.32. The first-order valence-corrected chi connectivity index (χ1v) is 9.12. The molecule has 146 valence electrons. The van der Waals surface area contributed by atoms with Crippen LogP contribution in [0.1, 0.15) is 23.1 Å². The first-order chi connectivity index (χ1) is 13.1. The lowest BCUT2D eigenvalue weighted by molar-refractivity contribution is -0.126. The van der Waals surface area contributed by atoms with E-state index in [2.05, 4.69) is 25.7 Å². The molecule has 2 aromatic rings. The molecular weight excluding hydrogens is 376 g/mol. The summed E-state index contributed by atoms with van der Waals surface area (Å²) in [5, 5.41) is 15.7. The topological polar surface area (TPSA) is 133 Å². The van der Waals surface area contributed by atoms with Crippen molar-refractivity contribution in [1.82, 2.24) is 25.7 Å². The minimum absolute atomic E-state index is 0.111. The number of hydrogen-bond acceptors (Lipinski definition) is 10. The van der Waals surface area contributed by atoms with E-state index in [-0.39, 0.29) is 31.3 Å². The van der Waals surface area contributed by atoms with Crippen molar-refractivity contribution < 1.29 is 23.6 Å². The Kier molecular flexibility index (Phi) is 6.42. The van der Waals surface area contributed by atoms with Gasteiger partial charge in [0.05, 0.1) is 19.1 Å². The molecule has 0 saturated carbocycles. The number of anilines is 1. The van der Waals surface area contributed by atoms with Gasteiger partial charge in [-0.2, -0.15) is 4.98 Å². The average molecular weight is 396 g/mol. The van der Waals surface area contributed by atoms with Crippen molar-refractivity contribution >= 4 is 28.3 Å². The largest absolute Gasteiger partial charge is 0.384 e. The standard InChI is InChI=1S/C15H20N6O5S/c1-24-4-3-10-17-11(26-20-10)6-16-14(23)9-5-13(22)21(7-9)15-19-18-12(27-15)8-25-2/h9H,3-8H2,1-2H3,(H,16,23). The van der Waals surface area contributed by atoms with E-state index in [4.69, 9.17) is 14.0 Å². The Morgan fingerprint density at radius 3 is 3.00 bits per heavy atom. The maximum atomic E-state index is 12.4. The molecule has 1 saturated heterocycles. The van der Waals surface area contributed by atoms with Crippen LogP contribution in [0.25, 0.3) is 0 Å². The van der Waals surface area contributed by atoms with E-state index in [1.54, 1.807) is 14.2 Å². The number of aromatic nitrogens is 4. The summed E-state index contributed by atoms with van der Waals surface area (Å²) in [6, 6.07) is 0. The zero-order valence-corrected chi connectivity index (χ0v) is 15.8. The monoisotopic (exact) mass is 396 g/mol. The molecule has 1 N–H and O–H groups in total. The number of carbonyl (C=O) groups is 2. The van der Waals surface area contributed by atoms with Gasteiger partial charge in [0.2, 0.25) is 22.8 Å². The third-order valence-corrected chi connectivity index (χ3v) is 4.82. The van der Waals surface area contributed by atoms with Crippen molar-refractivity contribution in [3.8, 4) is 0 Å². The van der Waals surface area contributed by atoms with Crippen molar-refractivity contribution in [2.24, 2.45) is 5.92 Å². The maximum Gasteiger partial charge on any atom is 0.246 e. The van der Waals surface area contributed by atoms with Gasteiger partial charge in [0.25, 0.3) is 0 Å². The fraction of sp³-hybridized carbons (Fsp3) is 0.600.